The lowest BCUT2D eigenvalue weighted by Gasteiger charge is -2.35. The van der Waals surface area contributed by atoms with E-state index in [1.54, 1.807) is 6.20 Å². The average Bonchev–Trinajstić information content (AvgIpc) is 2.56. The Bertz CT molecular complexity index is 944. The van der Waals surface area contributed by atoms with Crippen LogP contribution in [0.15, 0.2) is 55.0 Å². The Morgan fingerprint density at radius 2 is 1.83 bits per heavy atom. The number of fused-ring (bicyclic) bond motifs is 2. The summed E-state index contributed by atoms with van der Waals surface area (Å²) >= 11 is 0. The Morgan fingerprint density at radius 3 is 2.62 bits per heavy atom. The minimum atomic E-state index is -0.104. The first-order valence-electron chi connectivity index (χ1n) is 8.21. The van der Waals surface area contributed by atoms with Crippen molar-refractivity contribution in [2.24, 2.45) is 7.05 Å². The molecule has 2 aromatic carbocycles. The molecule has 0 atom stereocenters. The highest BCUT2D eigenvalue weighted by atomic mass is 16.5. The van der Waals surface area contributed by atoms with Gasteiger partial charge in [-0.3, -0.25) is 4.98 Å². The predicted molar refractivity (Wildman–Crippen MR) is 94.2 cm³/mol. The number of aromatic nitrogens is 2. The maximum atomic E-state index is 6.39. The number of nitrogens with zero attached hydrogens (tertiary/aromatic N) is 2. The first-order chi connectivity index (χ1) is 11.5. The molecule has 0 radical (unpaired) electrons. The van der Waals surface area contributed by atoms with Gasteiger partial charge in [-0.25, -0.2) is 0 Å². The summed E-state index contributed by atoms with van der Waals surface area (Å²) in [5.41, 5.74) is 5.70. The standard InChI is InChI=1S/C21H21N2O/c1-14-9-10-16-20(19(14)17-13-22-11-12-23(17)4)24-18-8-6-5-7-15(18)21(16,2)3/h5-13H,1-4H3/q+1. The summed E-state index contributed by atoms with van der Waals surface area (Å²) < 4.78 is 8.48. The molecule has 120 valence electrons. The van der Waals surface area contributed by atoms with Gasteiger partial charge in [-0.2, -0.15) is 4.57 Å². The molecule has 3 heteroatoms. The van der Waals surface area contributed by atoms with Crippen LogP contribution in [0.5, 0.6) is 11.5 Å². The van der Waals surface area contributed by atoms with Crippen LogP contribution in [-0.2, 0) is 12.5 Å². The van der Waals surface area contributed by atoms with Crippen molar-refractivity contribution < 1.29 is 9.30 Å². The van der Waals surface area contributed by atoms with Crippen LogP contribution < -0.4 is 9.30 Å². The highest BCUT2D eigenvalue weighted by molar-refractivity contribution is 5.74. The molecule has 0 amide bonds. The van der Waals surface area contributed by atoms with Crippen molar-refractivity contribution in [1.82, 2.24) is 4.98 Å². The third-order valence-corrected chi connectivity index (χ3v) is 5.02. The molecule has 3 aromatic rings. The minimum Gasteiger partial charge on any atom is -0.456 e. The third kappa shape index (κ3) is 2.04. The van der Waals surface area contributed by atoms with E-state index in [0.717, 1.165) is 22.8 Å². The molecule has 0 bridgehead atoms. The SMILES string of the molecule is Cc1ccc2c(c1-c1cncc[n+]1C)Oc1ccccc1C2(C)C. The number of hydrogen-bond donors (Lipinski definition) is 0. The molecule has 2 heterocycles. The Hall–Kier alpha value is -2.68. The predicted octanol–water partition coefficient (Wildman–Crippen LogP) is 4.31. The van der Waals surface area contributed by atoms with Gasteiger partial charge < -0.3 is 4.74 Å². The third-order valence-electron chi connectivity index (χ3n) is 5.02. The summed E-state index contributed by atoms with van der Waals surface area (Å²) in [6, 6.07) is 12.7. The minimum absolute atomic E-state index is 0.104. The molecule has 24 heavy (non-hydrogen) atoms. The fourth-order valence-corrected chi connectivity index (χ4v) is 3.59. The van der Waals surface area contributed by atoms with Crippen LogP contribution in [0.4, 0.5) is 0 Å². The normalized spacial score (nSPS) is 14.5. The Kier molecular flexibility index (Phi) is 3.20. The van der Waals surface area contributed by atoms with Crippen LogP contribution in [0.25, 0.3) is 11.3 Å². The monoisotopic (exact) mass is 317 g/mol. The number of para-hydroxylation sites is 1. The zero-order chi connectivity index (χ0) is 16.9. The first kappa shape index (κ1) is 14.9. The quantitative estimate of drug-likeness (QED) is 0.625. The van der Waals surface area contributed by atoms with E-state index in [9.17, 15) is 0 Å². The second-order valence-electron chi connectivity index (χ2n) is 6.93. The van der Waals surface area contributed by atoms with E-state index in [2.05, 4.69) is 60.7 Å². The van der Waals surface area contributed by atoms with Gasteiger partial charge in [0.25, 0.3) is 0 Å². The molecular weight excluding hydrogens is 296 g/mol. The molecule has 0 saturated heterocycles. The zero-order valence-corrected chi connectivity index (χ0v) is 14.5. The lowest BCUT2D eigenvalue weighted by Crippen LogP contribution is -2.31. The number of ether oxygens (including phenoxy) is 1. The van der Waals surface area contributed by atoms with Crippen molar-refractivity contribution in [2.45, 2.75) is 26.2 Å². The van der Waals surface area contributed by atoms with Crippen LogP contribution in [0.3, 0.4) is 0 Å². The van der Waals surface area contributed by atoms with Gasteiger partial charge in [0, 0.05) is 16.5 Å². The fraction of sp³-hybridized carbons (Fsp3) is 0.238. The maximum absolute atomic E-state index is 6.39. The number of benzene rings is 2. The van der Waals surface area contributed by atoms with Crippen LogP contribution in [0.1, 0.15) is 30.5 Å². The smallest absolute Gasteiger partial charge is 0.234 e. The van der Waals surface area contributed by atoms with Crippen LogP contribution >= 0.6 is 0 Å². The largest absolute Gasteiger partial charge is 0.456 e. The van der Waals surface area contributed by atoms with Crippen molar-refractivity contribution in [3.8, 4) is 22.8 Å². The summed E-state index contributed by atoms with van der Waals surface area (Å²) in [6.07, 6.45) is 5.67. The molecule has 1 aromatic heterocycles. The van der Waals surface area contributed by atoms with E-state index in [0.29, 0.717) is 0 Å². The fourth-order valence-electron chi connectivity index (χ4n) is 3.59. The molecule has 0 fully saturated rings. The van der Waals surface area contributed by atoms with Gasteiger partial charge in [-0.1, -0.05) is 44.2 Å². The van der Waals surface area contributed by atoms with E-state index in [1.807, 2.05) is 25.5 Å². The van der Waals surface area contributed by atoms with Gasteiger partial charge in [-0.05, 0) is 18.6 Å². The summed E-state index contributed by atoms with van der Waals surface area (Å²) in [6.45, 7) is 6.64. The van der Waals surface area contributed by atoms with Gasteiger partial charge >= 0.3 is 0 Å². The zero-order valence-electron chi connectivity index (χ0n) is 14.5. The van der Waals surface area contributed by atoms with E-state index < -0.39 is 0 Å². The first-order valence-corrected chi connectivity index (χ1v) is 8.21. The van der Waals surface area contributed by atoms with E-state index in [-0.39, 0.29) is 5.41 Å². The summed E-state index contributed by atoms with van der Waals surface area (Å²) in [7, 11) is 2.04. The summed E-state index contributed by atoms with van der Waals surface area (Å²) in [4.78, 5) is 4.32. The van der Waals surface area contributed by atoms with Gasteiger partial charge in [0.1, 0.15) is 18.5 Å². The molecule has 3 nitrogen and oxygen atoms in total. The van der Waals surface area contributed by atoms with Gasteiger partial charge in [-0.15, -0.1) is 0 Å². The average molecular weight is 317 g/mol. The van der Waals surface area contributed by atoms with Crippen molar-refractivity contribution >= 4 is 0 Å². The maximum Gasteiger partial charge on any atom is 0.234 e. The lowest BCUT2D eigenvalue weighted by molar-refractivity contribution is -0.660. The van der Waals surface area contributed by atoms with Crippen LogP contribution in [0, 0.1) is 6.92 Å². The lowest BCUT2D eigenvalue weighted by atomic mass is 9.74. The van der Waals surface area contributed by atoms with E-state index >= 15 is 0 Å². The van der Waals surface area contributed by atoms with Crippen LogP contribution in [0.2, 0.25) is 0 Å². The second-order valence-corrected chi connectivity index (χ2v) is 6.93. The molecule has 0 unspecified atom stereocenters. The summed E-state index contributed by atoms with van der Waals surface area (Å²) in [5.74, 6) is 1.88. The van der Waals surface area contributed by atoms with Gasteiger partial charge in [0.05, 0.1) is 18.0 Å². The Morgan fingerprint density at radius 1 is 1.04 bits per heavy atom. The molecular formula is C21H21N2O+. The Labute approximate surface area is 142 Å². The second kappa shape index (κ2) is 5.17. The summed E-state index contributed by atoms with van der Waals surface area (Å²) in [5, 5.41) is 0. The molecule has 0 aliphatic carbocycles. The topological polar surface area (TPSA) is 26.0 Å². The van der Waals surface area contributed by atoms with Crippen molar-refractivity contribution in [2.75, 3.05) is 0 Å². The van der Waals surface area contributed by atoms with Crippen LogP contribution in [-0.4, -0.2) is 4.98 Å². The molecule has 0 spiro atoms. The van der Waals surface area contributed by atoms with E-state index in [4.69, 9.17) is 4.74 Å². The number of hydrogen-bond acceptors (Lipinski definition) is 2. The van der Waals surface area contributed by atoms with E-state index in [1.165, 1.54) is 16.7 Å². The molecule has 0 N–H and O–H groups in total. The van der Waals surface area contributed by atoms with Crippen molar-refractivity contribution in [3.05, 3.63) is 71.7 Å². The highest BCUT2D eigenvalue weighted by Gasteiger charge is 2.37. The van der Waals surface area contributed by atoms with Gasteiger partial charge in [0.2, 0.25) is 5.69 Å². The number of aryl methyl sites for hydroxylation is 2. The highest BCUT2D eigenvalue weighted by Crippen LogP contribution is 2.51. The molecule has 1 aliphatic heterocycles. The molecule has 1 aliphatic rings. The van der Waals surface area contributed by atoms with Crippen molar-refractivity contribution in [1.29, 1.82) is 0 Å². The molecule has 4 rings (SSSR count). The van der Waals surface area contributed by atoms with Gasteiger partial charge in [0.15, 0.2) is 6.20 Å². The Balaban J connectivity index is 2.03. The number of rotatable bonds is 1. The molecule has 0 saturated carbocycles. The van der Waals surface area contributed by atoms with Crippen molar-refractivity contribution in [3.63, 3.8) is 0 Å².